The van der Waals surface area contributed by atoms with Gasteiger partial charge in [0, 0.05) is 38.0 Å². The summed E-state index contributed by atoms with van der Waals surface area (Å²) in [5, 5.41) is 1.17. The maximum absolute atomic E-state index is 5.90. The number of para-hydroxylation sites is 1. The van der Waals surface area contributed by atoms with Gasteiger partial charge in [0.1, 0.15) is 5.75 Å². The topological polar surface area (TPSA) is 46.5 Å². The normalized spacial score (nSPS) is 16.6. The highest BCUT2D eigenvalue weighted by molar-refractivity contribution is 8.13. The van der Waals surface area contributed by atoms with Crippen LogP contribution in [-0.4, -0.2) is 68.5 Å². The highest BCUT2D eigenvalue weighted by Gasteiger charge is 2.26. The molecule has 2 heterocycles. The molecule has 1 saturated heterocycles. The Bertz CT molecular complexity index is 944. The monoisotopic (exact) mass is 469 g/mol. The first-order valence-corrected chi connectivity index (χ1v) is 12.8. The number of hydrogen-bond donors (Lipinski definition) is 0. The highest BCUT2D eigenvalue weighted by Crippen LogP contribution is 2.33. The number of rotatable bonds is 9. The number of ether oxygens (including phenoxy) is 3. The molecule has 0 aliphatic carbocycles. The second kappa shape index (κ2) is 11.7. The molecule has 2 aromatic carbocycles. The van der Waals surface area contributed by atoms with E-state index in [0.29, 0.717) is 18.4 Å². The van der Waals surface area contributed by atoms with E-state index >= 15 is 0 Å². The van der Waals surface area contributed by atoms with Crippen LogP contribution in [0.4, 0.5) is 5.69 Å². The SMILES string of the molecule is COc1ccc(OCCCCN2CCC(N(C)C3=Nc4ccccc4CS3)CC2)cc1OC. The van der Waals surface area contributed by atoms with Crippen molar-refractivity contribution < 1.29 is 14.2 Å². The summed E-state index contributed by atoms with van der Waals surface area (Å²) in [5.41, 5.74) is 2.47. The predicted molar refractivity (Wildman–Crippen MR) is 136 cm³/mol. The Hall–Kier alpha value is -2.38. The Morgan fingerprint density at radius 1 is 1.03 bits per heavy atom. The number of amidine groups is 1. The number of hydrogen-bond acceptors (Lipinski definition) is 7. The molecule has 0 bridgehead atoms. The van der Waals surface area contributed by atoms with Crippen molar-refractivity contribution >= 4 is 22.6 Å². The van der Waals surface area contributed by atoms with Crippen LogP contribution in [0, 0.1) is 0 Å². The molecule has 2 aliphatic heterocycles. The molecule has 7 heteroatoms. The van der Waals surface area contributed by atoms with Gasteiger partial charge in [0.15, 0.2) is 16.7 Å². The second-order valence-electron chi connectivity index (χ2n) is 8.57. The van der Waals surface area contributed by atoms with Gasteiger partial charge in [-0.3, -0.25) is 0 Å². The zero-order valence-corrected chi connectivity index (χ0v) is 20.8. The molecule has 0 radical (unpaired) electrons. The van der Waals surface area contributed by atoms with E-state index in [1.807, 2.05) is 30.0 Å². The summed E-state index contributed by atoms with van der Waals surface area (Å²) < 4.78 is 16.5. The van der Waals surface area contributed by atoms with Gasteiger partial charge < -0.3 is 24.0 Å². The van der Waals surface area contributed by atoms with Crippen LogP contribution in [0.15, 0.2) is 47.5 Å². The Balaban J connectivity index is 1.15. The van der Waals surface area contributed by atoms with E-state index in [1.165, 1.54) is 23.6 Å². The molecule has 0 amide bonds. The van der Waals surface area contributed by atoms with Crippen molar-refractivity contribution in [2.24, 2.45) is 4.99 Å². The quantitative estimate of drug-likeness (QED) is 0.471. The molecule has 0 unspecified atom stereocenters. The number of fused-ring (bicyclic) bond motifs is 1. The Kier molecular flexibility index (Phi) is 8.40. The second-order valence-corrected chi connectivity index (χ2v) is 9.51. The lowest BCUT2D eigenvalue weighted by Gasteiger charge is -2.38. The van der Waals surface area contributed by atoms with Crippen LogP contribution in [-0.2, 0) is 5.75 Å². The summed E-state index contributed by atoms with van der Waals surface area (Å²) in [5.74, 6) is 3.26. The molecular weight excluding hydrogens is 434 g/mol. The molecule has 0 N–H and O–H groups in total. The molecule has 2 aliphatic rings. The standard InChI is InChI=1S/C26H35N3O3S/c1-28(26-27-23-9-5-4-8-20(23)19-33-26)21-12-15-29(16-13-21)14-6-7-17-32-22-10-11-24(30-2)25(18-22)31-3/h4-5,8-11,18,21H,6-7,12-17,19H2,1-3H3. The number of thioether (sulfide) groups is 1. The van der Waals surface area contributed by atoms with Crippen LogP contribution < -0.4 is 14.2 Å². The van der Waals surface area contributed by atoms with Crippen LogP contribution in [0.5, 0.6) is 17.2 Å². The first-order chi connectivity index (χ1) is 16.2. The molecule has 6 nitrogen and oxygen atoms in total. The third-order valence-electron chi connectivity index (χ3n) is 6.46. The van der Waals surface area contributed by atoms with Crippen molar-refractivity contribution in [1.82, 2.24) is 9.80 Å². The highest BCUT2D eigenvalue weighted by atomic mass is 32.2. The lowest BCUT2D eigenvalue weighted by atomic mass is 10.0. The van der Waals surface area contributed by atoms with Crippen LogP contribution >= 0.6 is 11.8 Å². The molecule has 0 atom stereocenters. The van der Waals surface area contributed by atoms with Gasteiger partial charge in [-0.1, -0.05) is 30.0 Å². The number of unbranched alkanes of at least 4 members (excludes halogenated alkanes) is 1. The number of benzene rings is 2. The van der Waals surface area contributed by atoms with Gasteiger partial charge in [0.2, 0.25) is 0 Å². The summed E-state index contributed by atoms with van der Waals surface area (Å²) in [4.78, 5) is 9.92. The van der Waals surface area contributed by atoms with Crippen molar-refractivity contribution in [2.75, 3.05) is 47.5 Å². The van der Waals surface area contributed by atoms with E-state index in [9.17, 15) is 0 Å². The minimum Gasteiger partial charge on any atom is -0.493 e. The van der Waals surface area contributed by atoms with E-state index < -0.39 is 0 Å². The Labute approximate surface area is 201 Å². The molecule has 33 heavy (non-hydrogen) atoms. The Morgan fingerprint density at radius 3 is 2.61 bits per heavy atom. The molecule has 0 spiro atoms. The van der Waals surface area contributed by atoms with Gasteiger partial charge in [-0.15, -0.1) is 0 Å². The van der Waals surface area contributed by atoms with Crippen LogP contribution in [0.25, 0.3) is 0 Å². The van der Waals surface area contributed by atoms with Crippen molar-refractivity contribution in [3.8, 4) is 17.2 Å². The minimum absolute atomic E-state index is 0.575. The summed E-state index contributed by atoms with van der Waals surface area (Å²) in [6.07, 6.45) is 4.58. The van der Waals surface area contributed by atoms with Gasteiger partial charge >= 0.3 is 0 Å². The lowest BCUT2D eigenvalue weighted by Crippen LogP contribution is -2.45. The largest absolute Gasteiger partial charge is 0.493 e. The Morgan fingerprint density at radius 2 is 1.82 bits per heavy atom. The maximum atomic E-state index is 5.90. The third-order valence-corrected chi connectivity index (χ3v) is 7.56. The first-order valence-electron chi connectivity index (χ1n) is 11.8. The minimum atomic E-state index is 0.575. The van der Waals surface area contributed by atoms with E-state index in [0.717, 1.165) is 55.4 Å². The summed E-state index contributed by atoms with van der Waals surface area (Å²) in [6, 6.07) is 14.7. The molecule has 4 rings (SSSR count). The zero-order valence-electron chi connectivity index (χ0n) is 20.0. The van der Waals surface area contributed by atoms with Gasteiger partial charge in [0.25, 0.3) is 0 Å². The molecular formula is C26H35N3O3S. The van der Waals surface area contributed by atoms with E-state index in [2.05, 4.69) is 41.1 Å². The summed E-state index contributed by atoms with van der Waals surface area (Å²) >= 11 is 1.86. The van der Waals surface area contributed by atoms with E-state index in [-0.39, 0.29) is 0 Å². The fourth-order valence-electron chi connectivity index (χ4n) is 4.42. The average molecular weight is 470 g/mol. The number of nitrogens with zero attached hydrogens (tertiary/aromatic N) is 3. The molecule has 2 aromatic rings. The third kappa shape index (κ3) is 6.15. The number of aliphatic imine (C=N–C) groups is 1. The van der Waals surface area contributed by atoms with E-state index in [4.69, 9.17) is 19.2 Å². The lowest BCUT2D eigenvalue weighted by molar-refractivity contribution is 0.162. The van der Waals surface area contributed by atoms with Gasteiger partial charge in [-0.2, -0.15) is 0 Å². The maximum Gasteiger partial charge on any atom is 0.164 e. The summed E-state index contributed by atoms with van der Waals surface area (Å²) in [7, 11) is 5.50. The fourth-order valence-corrected chi connectivity index (χ4v) is 5.46. The molecule has 0 aromatic heterocycles. The van der Waals surface area contributed by atoms with Crippen LogP contribution in [0.2, 0.25) is 0 Å². The first kappa shape index (κ1) is 23.8. The van der Waals surface area contributed by atoms with E-state index in [1.54, 1.807) is 14.2 Å². The molecule has 0 saturated carbocycles. The van der Waals surface area contributed by atoms with Gasteiger partial charge in [0.05, 0.1) is 26.5 Å². The smallest absolute Gasteiger partial charge is 0.164 e. The predicted octanol–water partition coefficient (Wildman–Crippen LogP) is 5.19. The molecule has 178 valence electrons. The van der Waals surface area contributed by atoms with Crippen LogP contribution in [0.3, 0.4) is 0 Å². The fraction of sp³-hybridized carbons (Fsp3) is 0.500. The number of methoxy groups -OCH3 is 2. The van der Waals surface area contributed by atoms with Crippen molar-refractivity contribution in [1.29, 1.82) is 0 Å². The number of likely N-dealkylation sites (tertiary alicyclic amines) is 1. The zero-order chi connectivity index (χ0) is 23.0. The average Bonchev–Trinajstić information content (AvgIpc) is 2.88. The van der Waals surface area contributed by atoms with Crippen molar-refractivity contribution in [3.05, 3.63) is 48.0 Å². The van der Waals surface area contributed by atoms with Gasteiger partial charge in [-0.05, 0) is 56.0 Å². The van der Waals surface area contributed by atoms with Crippen molar-refractivity contribution in [2.45, 2.75) is 37.5 Å². The van der Waals surface area contributed by atoms with Gasteiger partial charge in [-0.25, -0.2) is 4.99 Å². The summed E-state index contributed by atoms with van der Waals surface area (Å²) in [6.45, 7) is 4.15. The van der Waals surface area contributed by atoms with Crippen LogP contribution in [0.1, 0.15) is 31.2 Å². The van der Waals surface area contributed by atoms with Crippen molar-refractivity contribution in [3.63, 3.8) is 0 Å². The molecule has 1 fully saturated rings. The number of piperidine rings is 1.